The summed E-state index contributed by atoms with van der Waals surface area (Å²) in [7, 11) is 0. The van der Waals surface area contributed by atoms with Gasteiger partial charge in [0.1, 0.15) is 5.75 Å². The molecule has 1 rings (SSSR count). The summed E-state index contributed by atoms with van der Waals surface area (Å²) in [5, 5.41) is 0.490. The van der Waals surface area contributed by atoms with Crippen LogP contribution < -0.4 is 4.74 Å². The predicted octanol–water partition coefficient (Wildman–Crippen LogP) is 5.49. The molecule has 0 spiro atoms. The first kappa shape index (κ1) is 21.2. The van der Waals surface area contributed by atoms with E-state index in [2.05, 4.69) is 19.1 Å². The Hall–Kier alpha value is -1.81. The number of ether oxygens (including phenoxy) is 2. The summed E-state index contributed by atoms with van der Waals surface area (Å²) >= 11 is 5.81. The zero-order valence-corrected chi connectivity index (χ0v) is 15.6. The quantitative estimate of drug-likeness (QED) is 0.212. The van der Waals surface area contributed by atoms with Crippen LogP contribution in [0.1, 0.15) is 58.3 Å². The summed E-state index contributed by atoms with van der Waals surface area (Å²) < 4.78 is 10.2. The number of halogens is 1. The minimum absolute atomic E-state index is 0.0112. The van der Waals surface area contributed by atoms with Gasteiger partial charge >= 0.3 is 11.9 Å². The van der Waals surface area contributed by atoms with Gasteiger partial charge in [0.25, 0.3) is 0 Å². The van der Waals surface area contributed by atoms with Crippen molar-refractivity contribution in [1.82, 2.24) is 0 Å². The molecule has 138 valence electrons. The molecule has 5 heteroatoms. The van der Waals surface area contributed by atoms with Crippen LogP contribution in [0.4, 0.5) is 0 Å². The fraction of sp³-hybridized carbons (Fsp3) is 0.500. The third-order valence-electron chi connectivity index (χ3n) is 3.48. The SMILES string of the molecule is CCCCC/C=C/CCCOC(=O)CCC(=O)Oc1cccc(Cl)c1. The number of carbonyl (C=O) groups excluding carboxylic acids is 2. The Kier molecular flexibility index (Phi) is 11.4. The Morgan fingerprint density at radius 1 is 1.04 bits per heavy atom. The Balaban J connectivity index is 2.05. The molecule has 25 heavy (non-hydrogen) atoms. The van der Waals surface area contributed by atoms with E-state index >= 15 is 0 Å². The number of benzene rings is 1. The van der Waals surface area contributed by atoms with Crippen LogP contribution in [0.2, 0.25) is 5.02 Å². The zero-order chi connectivity index (χ0) is 18.3. The van der Waals surface area contributed by atoms with Crippen molar-refractivity contribution in [3.05, 3.63) is 41.4 Å². The largest absolute Gasteiger partial charge is 0.466 e. The van der Waals surface area contributed by atoms with Crippen molar-refractivity contribution in [3.63, 3.8) is 0 Å². The van der Waals surface area contributed by atoms with Crippen LogP contribution in [-0.4, -0.2) is 18.5 Å². The molecule has 0 bridgehead atoms. The molecule has 0 saturated carbocycles. The van der Waals surface area contributed by atoms with Crippen LogP contribution in [0.3, 0.4) is 0 Å². The highest BCUT2D eigenvalue weighted by molar-refractivity contribution is 6.30. The molecule has 0 aromatic heterocycles. The predicted molar refractivity (Wildman–Crippen MR) is 99.8 cm³/mol. The van der Waals surface area contributed by atoms with Crippen molar-refractivity contribution < 1.29 is 19.1 Å². The fourth-order valence-corrected chi connectivity index (χ4v) is 2.30. The standard InChI is InChI=1S/C20H27ClO4/c1-2-3-4-5-6-7-8-9-15-24-19(22)13-14-20(23)25-18-12-10-11-17(21)16-18/h6-7,10-12,16H,2-5,8-9,13-15H2,1H3/b7-6+. The van der Waals surface area contributed by atoms with E-state index in [0.29, 0.717) is 17.4 Å². The van der Waals surface area contributed by atoms with Gasteiger partial charge in [0.05, 0.1) is 19.4 Å². The van der Waals surface area contributed by atoms with Crippen molar-refractivity contribution >= 4 is 23.5 Å². The van der Waals surface area contributed by atoms with E-state index in [1.807, 2.05) is 0 Å². The lowest BCUT2D eigenvalue weighted by atomic mass is 10.2. The summed E-state index contributed by atoms with van der Waals surface area (Å²) in [4.78, 5) is 23.3. The van der Waals surface area contributed by atoms with Crippen LogP contribution in [0.15, 0.2) is 36.4 Å². The lowest BCUT2D eigenvalue weighted by molar-refractivity contribution is -0.147. The molecule has 0 radical (unpaired) electrons. The Labute approximate surface area is 155 Å². The second-order valence-electron chi connectivity index (χ2n) is 5.76. The summed E-state index contributed by atoms with van der Waals surface area (Å²) in [6.45, 7) is 2.57. The molecule has 0 saturated heterocycles. The maximum Gasteiger partial charge on any atom is 0.311 e. The third kappa shape index (κ3) is 11.4. The van der Waals surface area contributed by atoms with E-state index in [9.17, 15) is 9.59 Å². The van der Waals surface area contributed by atoms with E-state index < -0.39 is 5.97 Å². The van der Waals surface area contributed by atoms with Crippen LogP contribution in [0.5, 0.6) is 5.75 Å². The lowest BCUT2D eigenvalue weighted by Gasteiger charge is -2.05. The molecule has 0 fully saturated rings. The summed E-state index contributed by atoms with van der Waals surface area (Å²) in [5.74, 6) is -0.485. The van der Waals surface area contributed by atoms with E-state index in [1.165, 1.54) is 19.3 Å². The van der Waals surface area contributed by atoms with Crippen molar-refractivity contribution in [2.75, 3.05) is 6.61 Å². The van der Waals surface area contributed by atoms with Gasteiger partial charge in [0.15, 0.2) is 0 Å². The van der Waals surface area contributed by atoms with Crippen LogP contribution in [-0.2, 0) is 14.3 Å². The van der Waals surface area contributed by atoms with Crippen molar-refractivity contribution in [2.45, 2.75) is 58.3 Å². The maximum atomic E-state index is 11.7. The maximum absolute atomic E-state index is 11.7. The lowest BCUT2D eigenvalue weighted by Crippen LogP contribution is -2.12. The molecule has 4 nitrogen and oxygen atoms in total. The minimum atomic E-state index is -0.478. The highest BCUT2D eigenvalue weighted by Gasteiger charge is 2.10. The number of rotatable bonds is 12. The average Bonchev–Trinajstić information content (AvgIpc) is 2.58. The summed E-state index contributed by atoms with van der Waals surface area (Å²) in [6, 6.07) is 6.57. The number of carbonyl (C=O) groups is 2. The first-order chi connectivity index (χ1) is 12.1. The van der Waals surface area contributed by atoms with Gasteiger partial charge in [-0.15, -0.1) is 0 Å². The topological polar surface area (TPSA) is 52.6 Å². The Morgan fingerprint density at radius 3 is 2.48 bits per heavy atom. The average molecular weight is 367 g/mol. The van der Waals surface area contributed by atoms with Crippen molar-refractivity contribution in [3.8, 4) is 5.75 Å². The Bertz CT molecular complexity index is 554. The molecule has 0 aliphatic heterocycles. The first-order valence-corrected chi connectivity index (χ1v) is 9.26. The molecule has 0 aliphatic rings. The Morgan fingerprint density at radius 2 is 1.76 bits per heavy atom. The van der Waals surface area contributed by atoms with Crippen molar-refractivity contribution in [2.24, 2.45) is 0 Å². The number of unbranched alkanes of at least 4 members (excludes halogenated alkanes) is 4. The van der Waals surface area contributed by atoms with E-state index in [1.54, 1.807) is 24.3 Å². The molecular weight excluding hydrogens is 340 g/mol. The molecule has 1 aromatic rings. The van der Waals surface area contributed by atoms with E-state index in [4.69, 9.17) is 21.1 Å². The van der Waals surface area contributed by atoms with E-state index in [-0.39, 0.29) is 18.8 Å². The first-order valence-electron chi connectivity index (χ1n) is 8.88. The van der Waals surface area contributed by atoms with E-state index in [0.717, 1.165) is 19.3 Å². The van der Waals surface area contributed by atoms with Crippen LogP contribution in [0.25, 0.3) is 0 Å². The zero-order valence-electron chi connectivity index (χ0n) is 14.8. The summed E-state index contributed by atoms with van der Waals surface area (Å²) in [5.41, 5.74) is 0. The highest BCUT2D eigenvalue weighted by atomic mass is 35.5. The molecule has 0 atom stereocenters. The fourth-order valence-electron chi connectivity index (χ4n) is 2.12. The number of esters is 2. The normalized spacial score (nSPS) is 10.8. The van der Waals surface area contributed by atoms with Gasteiger partial charge in [-0.25, -0.2) is 0 Å². The highest BCUT2D eigenvalue weighted by Crippen LogP contribution is 2.17. The number of hydrogen-bond donors (Lipinski definition) is 0. The monoisotopic (exact) mass is 366 g/mol. The van der Waals surface area contributed by atoms with Crippen LogP contribution in [0, 0.1) is 0 Å². The molecule has 0 amide bonds. The van der Waals surface area contributed by atoms with Gasteiger partial charge in [0.2, 0.25) is 0 Å². The molecule has 0 unspecified atom stereocenters. The molecular formula is C20H27ClO4. The van der Waals surface area contributed by atoms with Gasteiger partial charge in [-0.3, -0.25) is 9.59 Å². The third-order valence-corrected chi connectivity index (χ3v) is 3.72. The van der Waals surface area contributed by atoms with Crippen molar-refractivity contribution in [1.29, 1.82) is 0 Å². The molecule has 0 heterocycles. The number of hydrogen-bond acceptors (Lipinski definition) is 4. The van der Waals surface area contributed by atoms with Gasteiger partial charge < -0.3 is 9.47 Å². The molecule has 0 N–H and O–H groups in total. The second-order valence-corrected chi connectivity index (χ2v) is 6.20. The minimum Gasteiger partial charge on any atom is -0.466 e. The summed E-state index contributed by atoms with van der Waals surface area (Å²) in [6.07, 6.45) is 10.9. The van der Waals surface area contributed by atoms with Gasteiger partial charge in [-0.2, -0.15) is 0 Å². The molecule has 0 aliphatic carbocycles. The van der Waals surface area contributed by atoms with Gasteiger partial charge in [0, 0.05) is 5.02 Å². The molecule has 1 aromatic carbocycles. The van der Waals surface area contributed by atoms with Crippen LogP contribution >= 0.6 is 11.6 Å². The van der Waals surface area contributed by atoms with Gasteiger partial charge in [-0.1, -0.05) is 49.6 Å². The second kappa shape index (κ2) is 13.5. The number of allylic oxidation sites excluding steroid dienone is 2. The van der Waals surface area contributed by atoms with Gasteiger partial charge in [-0.05, 0) is 43.9 Å². The smallest absolute Gasteiger partial charge is 0.311 e.